The molecule has 1 heterocycles. The molecular formula is C25H27N5O6S. The Bertz CT molecular complexity index is 1290. The van der Waals surface area contributed by atoms with Gasteiger partial charge in [0.2, 0.25) is 5.91 Å². The Kier molecular flexibility index (Phi) is 9.67. The first-order valence-corrected chi connectivity index (χ1v) is 12.0. The van der Waals surface area contributed by atoms with Crippen molar-refractivity contribution in [1.29, 1.82) is 0 Å². The van der Waals surface area contributed by atoms with Gasteiger partial charge in [-0.25, -0.2) is 4.79 Å². The van der Waals surface area contributed by atoms with E-state index in [1.54, 1.807) is 53.1 Å². The second-order valence-corrected chi connectivity index (χ2v) is 8.37. The van der Waals surface area contributed by atoms with Gasteiger partial charge in [-0.1, -0.05) is 30.0 Å². The predicted octanol–water partition coefficient (Wildman–Crippen LogP) is 2.93. The molecule has 0 aliphatic heterocycles. The highest BCUT2D eigenvalue weighted by molar-refractivity contribution is 7.99. The molecule has 12 heteroatoms. The molecule has 0 saturated heterocycles. The maximum absolute atomic E-state index is 12.7. The number of hydrogen-bond acceptors (Lipinski definition) is 9. The number of nitrogens with zero attached hydrogens (tertiary/aromatic N) is 3. The van der Waals surface area contributed by atoms with E-state index in [0.717, 1.165) is 0 Å². The molecule has 0 aliphatic carbocycles. The van der Waals surface area contributed by atoms with E-state index in [1.807, 2.05) is 0 Å². The van der Waals surface area contributed by atoms with Crippen molar-refractivity contribution in [1.82, 2.24) is 20.1 Å². The van der Waals surface area contributed by atoms with Crippen LogP contribution in [0.1, 0.15) is 26.5 Å². The van der Waals surface area contributed by atoms with E-state index in [1.165, 1.54) is 33.1 Å². The van der Waals surface area contributed by atoms with Crippen LogP contribution in [-0.2, 0) is 22.6 Å². The van der Waals surface area contributed by atoms with Gasteiger partial charge in [0.25, 0.3) is 5.91 Å². The highest BCUT2D eigenvalue weighted by atomic mass is 32.2. The number of carbonyl (C=O) groups is 3. The lowest BCUT2D eigenvalue weighted by Gasteiger charge is -2.11. The van der Waals surface area contributed by atoms with Crippen LogP contribution in [0.5, 0.6) is 11.5 Å². The van der Waals surface area contributed by atoms with Gasteiger partial charge in [-0.2, -0.15) is 0 Å². The van der Waals surface area contributed by atoms with Gasteiger partial charge >= 0.3 is 5.97 Å². The monoisotopic (exact) mass is 525 g/mol. The van der Waals surface area contributed by atoms with Gasteiger partial charge < -0.3 is 29.4 Å². The minimum atomic E-state index is -0.547. The van der Waals surface area contributed by atoms with Crippen LogP contribution in [-0.4, -0.2) is 59.6 Å². The first-order chi connectivity index (χ1) is 17.9. The van der Waals surface area contributed by atoms with Crippen molar-refractivity contribution in [3.05, 3.63) is 72.1 Å². The number of anilines is 1. The predicted molar refractivity (Wildman–Crippen MR) is 138 cm³/mol. The molecule has 3 aromatic rings. The third kappa shape index (κ3) is 6.88. The van der Waals surface area contributed by atoms with Crippen LogP contribution in [0, 0.1) is 0 Å². The zero-order valence-corrected chi connectivity index (χ0v) is 21.5. The van der Waals surface area contributed by atoms with Crippen LogP contribution < -0.4 is 20.1 Å². The molecule has 194 valence electrons. The molecule has 3 rings (SSSR count). The molecule has 0 spiro atoms. The van der Waals surface area contributed by atoms with Gasteiger partial charge in [0.05, 0.1) is 44.9 Å². The molecule has 0 atom stereocenters. The number of nitrogens with one attached hydrogen (secondary N) is 2. The maximum Gasteiger partial charge on any atom is 0.339 e. The molecular weight excluding hydrogens is 498 g/mol. The number of hydrogen-bond donors (Lipinski definition) is 2. The SMILES string of the molecule is C=CCn1c(CNC(=O)c2ccc(OC)c(OC)c2)nnc1SCC(=O)Nc1ccccc1C(=O)OC. The fourth-order valence-electron chi connectivity index (χ4n) is 3.30. The Balaban J connectivity index is 1.64. The summed E-state index contributed by atoms with van der Waals surface area (Å²) in [5.41, 5.74) is 1.00. The average molecular weight is 526 g/mol. The van der Waals surface area contributed by atoms with E-state index in [-0.39, 0.29) is 29.7 Å². The zero-order chi connectivity index (χ0) is 26.8. The summed E-state index contributed by atoms with van der Waals surface area (Å²) < 4.78 is 17.0. The lowest BCUT2D eigenvalue weighted by atomic mass is 10.2. The topological polar surface area (TPSA) is 134 Å². The highest BCUT2D eigenvalue weighted by Crippen LogP contribution is 2.27. The molecule has 0 saturated carbocycles. The van der Waals surface area contributed by atoms with E-state index in [2.05, 4.69) is 27.4 Å². The third-order valence-electron chi connectivity index (χ3n) is 5.10. The fourth-order valence-corrected chi connectivity index (χ4v) is 4.07. The third-order valence-corrected chi connectivity index (χ3v) is 6.06. The van der Waals surface area contributed by atoms with Gasteiger partial charge in [-0.3, -0.25) is 9.59 Å². The molecule has 0 radical (unpaired) electrons. The Labute approximate surface area is 218 Å². The quantitative estimate of drug-likeness (QED) is 0.208. The van der Waals surface area contributed by atoms with Gasteiger partial charge in [-0.05, 0) is 30.3 Å². The molecule has 0 unspecified atom stereocenters. The number of methoxy groups -OCH3 is 3. The van der Waals surface area contributed by atoms with Crippen LogP contribution >= 0.6 is 11.8 Å². The number of esters is 1. The Morgan fingerprint density at radius 1 is 1.05 bits per heavy atom. The number of aromatic nitrogens is 3. The highest BCUT2D eigenvalue weighted by Gasteiger charge is 2.17. The first kappa shape index (κ1) is 27.3. The van der Waals surface area contributed by atoms with E-state index in [4.69, 9.17) is 14.2 Å². The molecule has 1 aromatic heterocycles. The second kappa shape index (κ2) is 13.1. The normalized spacial score (nSPS) is 10.4. The Hall–Kier alpha value is -4.32. The van der Waals surface area contributed by atoms with E-state index in [9.17, 15) is 14.4 Å². The average Bonchev–Trinajstić information content (AvgIpc) is 3.31. The standard InChI is InChI=1S/C25H27N5O6S/c1-5-12-30-21(14-26-23(32)16-10-11-19(34-2)20(13-16)35-3)28-29-25(30)37-15-22(31)27-18-9-7-6-8-17(18)24(33)36-4/h5-11,13H,1,12,14-15H2,2-4H3,(H,26,32)(H,27,31). The molecule has 2 N–H and O–H groups in total. The number of ether oxygens (including phenoxy) is 3. The summed E-state index contributed by atoms with van der Waals surface area (Å²) in [4.78, 5) is 37.2. The second-order valence-electron chi connectivity index (χ2n) is 7.42. The molecule has 37 heavy (non-hydrogen) atoms. The number of carbonyl (C=O) groups excluding carboxylic acids is 3. The smallest absolute Gasteiger partial charge is 0.339 e. The molecule has 0 bridgehead atoms. The number of thioether (sulfide) groups is 1. The number of rotatable bonds is 12. The van der Waals surface area contributed by atoms with Gasteiger partial charge in [0.1, 0.15) is 0 Å². The largest absolute Gasteiger partial charge is 0.493 e. The molecule has 11 nitrogen and oxygen atoms in total. The molecule has 0 aliphatic rings. The first-order valence-electron chi connectivity index (χ1n) is 11.0. The maximum atomic E-state index is 12.7. The van der Waals surface area contributed by atoms with Crippen molar-refractivity contribution in [2.24, 2.45) is 0 Å². The lowest BCUT2D eigenvalue weighted by Crippen LogP contribution is -2.25. The van der Waals surface area contributed by atoms with Crippen LogP contribution in [0.15, 0.2) is 60.3 Å². The van der Waals surface area contributed by atoms with Crippen molar-refractivity contribution < 1.29 is 28.6 Å². The van der Waals surface area contributed by atoms with Crippen molar-refractivity contribution in [2.45, 2.75) is 18.2 Å². The van der Waals surface area contributed by atoms with Crippen LogP contribution in [0.2, 0.25) is 0 Å². The summed E-state index contributed by atoms with van der Waals surface area (Å²) in [6.07, 6.45) is 1.67. The van der Waals surface area contributed by atoms with Gasteiger partial charge in [0, 0.05) is 12.1 Å². The fraction of sp³-hybridized carbons (Fsp3) is 0.240. The number of benzene rings is 2. The van der Waals surface area contributed by atoms with E-state index in [0.29, 0.717) is 40.3 Å². The molecule has 2 aromatic carbocycles. The minimum Gasteiger partial charge on any atom is -0.493 e. The lowest BCUT2D eigenvalue weighted by molar-refractivity contribution is -0.113. The van der Waals surface area contributed by atoms with Crippen molar-refractivity contribution in [2.75, 3.05) is 32.4 Å². The summed E-state index contributed by atoms with van der Waals surface area (Å²) in [7, 11) is 4.29. The summed E-state index contributed by atoms with van der Waals surface area (Å²) in [5, 5.41) is 14.3. The summed E-state index contributed by atoms with van der Waals surface area (Å²) >= 11 is 1.17. The Morgan fingerprint density at radius 2 is 1.81 bits per heavy atom. The van der Waals surface area contributed by atoms with Crippen molar-refractivity contribution in [3.8, 4) is 11.5 Å². The van der Waals surface area contributed by atoms with Gasteiger partial charge in [0.15, 0.2) is 22.5 Å². The van der Waals surface area contributed by atoms with Crippen molar-refractivity contribution >= 4 is 35.2 Å². The summed E-state index contributed by atoms with van der Waals surface area (Å²) in [5.74, 6) is 0.259. The van der Waals surface area contributed by atoms with Crippen LogP contribution in [0.4, 0.5) is 5.69 Å². The number of amides is 2. The van der Waals surface area contributed by atoms with E-state index < -0.39 is 5.97 Å². The summed E-state index contributed by atoms with van der Waals surface area (Å²) in [6, 6.07) is 11.4. The zero-order valence-electron chi connectivity index (χ0n) is 20.6. The van der Waals surface area contributed by atoms with Crippen LogP contribution in [0.3, 0.4) is 0 Å². The summed E-state index contributed by atoms with van der Waals surface area (Å²) in [6.45, 7) is 4.24. The number of allylic oxidation sites excluding steroid dienone is 1. The number of para-hydroxylation sites is 1. The Morgan fingerprint density at radius 3 is 2.51 bits per heavy atom. The molecule has 0 fully saturated rings. The van der Waals surface area contributed by atoms with Crippen molar-refractivity contribution in [3.63, 3.8) is 0 Å². The van der Waals surface area contributed by atoms with Gasteiger partial charge in [-0.15, -0.1) is 16.8 Å². The molecule has 2 amide bonds. The van der Waals surface area contributed by atoms with Crippen LogP contribution in [0.25, 0.3) is 0 Å². The van der Waals surface area contributed by atoms with E-state index >= 15 is 0 Å². The minimum absolute atomic E-state index is 0.0167.